The first kappa shape index (κ1) is 7.77. The maximum Gasteiger partial charge on any atom is 0.207 e. The zero-order chi connectivity index (χ0) is 7.68. The minimum atomic E-state index is -0.925. The highest BCUT2D eigenvalue weighted by Crippen LogP contribution is 2.40. The first-order valence-corrected chi connectivity index (χ1v) is 6.21. The quantitative estimate of drug-likeness (QED) is 0.458. The molecule has 3 heteroatoms. The Kier molecular flexibility index (Phi) is 2.30. The summed E-state index contributed by atoms with van der Waals surface area (Å²) in [7, 11) is -0.925. The van der Waals surface area contributed by atoms with Crippen molar-refractivity contribution in [2.24, 2.45) is 5.92 Å². The van der Waals surface area contributed by atoms with Crippen molar-refractivity contribution in [3.05, 3.63) is 0 Å². The monoisotopic (exact) mass is 171 g/mol. The first-order chi connectivity index (χ1) is 5.40. The lowest BCUT2D eigenvalue weighted by Gasteiger charge is -2.17. The van der Waals surface area contributed by atoms with Crippen LogP contribution in [0.2, 0.25) is 6.04 Å². The van der Waals surface area contributed by atoms with Gasteiger partial charge in [0.15, 0.2) is 0 Å². The molecule has 0 aromatic rings. The average Bonchev–Trinajstić information content (AvgIpc) is 2.78. The van der Waals surface area contributed by atoms with Crippen LogP contribution in [0.4, 0.5) is 0 Å². The molecule has 2 aliphatic rings. The number of rotatable bonds is 3. The van der Waals surface area contributed by atoms with E-state index >= 15 is 0 Å². The van der Waals surface area contributed by atoms with E-state index < -0.39 is 9.76 Å². The molecule has 2 nitrogen and oxygen atoms in total. The van der Waals surface area contributed by atoms with Crippen LogP contribution in [0.5, 0.6) is 0 Å². The molecule has 11 heavy (non-hydrogen) atoms. The molecule has 1 radical (unpaired) electrons. The van der Waals surface area contributed by atoms with Crippen LogP contribution in [0.25, 0.3) is 0 Å². The van der Waals surface area contributed by atoms with Crippen molar-refractivity contribution in [3.63, 3.8) is 0 Å². The lowest BCUT2D eigenvalue weighted by Crippen LogP contribution is -2.13. The molecule has 63 valence electrons. The Morgan fingerprint density at radius 1 is 1.36 bits per heavy atom. The first-order valence-electron chi connectivity index (χ1n) is 4.63. The Hall–Kier alpha value is 0.137. The molecule has 0 bridgehead atoms. The highest BCUT2D eigenvalue weighted by Gasteiger charge is 2.43. The summed E-state index contributed by atoms with van der Waals surface area (Å²) in [5.74, 6) is 0.834. The molecule has 1 saturated carbocycles. The zero-order valence-corrected chi connectivity index (χ0v) is 8.21. The predicted molar refractivity (Wildman–Crippen MR) is 44.7 cm³/mol. The van der Waals surface area contributed by atoms with Gasteiger partial charge in [0.25, 0.3) is 0 Å². The van der Waals surface area contributed by atoms with Crippen molar-refractivity contribution in [1.82, 2.24) is 0 Å². The second-order valence-corrected chi connectivity index (χ2v) is 4.85. The van der Waals surface area contributed by atoms with Gasteiger partial charge < -0.3 is 9.53 Å². The van der Waals surface area contributed by atoms with Gasteiger partial charge in [0, 0.05) is 0 Å². The van der Waals surface area contributed by atoms with E-state index in [1.165, 1.54) is 25.7 Å². The van der Waals surface area contributed by atoms with Gasteiger partial charge in [-0.05, 0) is 31.2 Å². The smallest absolute Gasteiger partial charge is 0.207 e. The summed E-state index contributed by atoms with van der Waals surface area (Å²) < 4.78 is 5.42. The molecule has 1 saturated heterocycles. The van der Waals surface area contributed by atoms with E-state index in [0.717, 1.165) is 12.0 Å². The Balaban J connectivity index is 1.68. The third kappa shape index (κ3) is 1.83. The van der Waals surface area contributed by atoms with E-state index in [-0.39, 0.29) is 0 Å². The van der Waals surface area contributed by atoms with E-state index in [1.54, 1.807) is 0 Å². The molecule has 3 unspecified atom stereocenters. The summed E-state index contributed by atoms with van der Waals surface area (Å²) in [4.78, 5) is 10.4. The lowest BCUT2D eigenvalue weighted by atomic mass is 9.88. The second kappa shape index (κ2) is 3.25. The molecule has 0 aromatic heterocycles. The SMILES string of the molecule is [O][SiH2]CCC1CCC2OC2C1. The molecule has 0 amide bonds. The van der Waals surface area contributed by atoms with Crippen molar-refractivity contribution in [3.8, 4) is 0 Å². The third-order valence-electron chi connectivity index (χ3n) is 2.87. The standard InChI is InChI=1S/C8H15O2Si/c9-11-4-3-6-1-2-7-8(5-6)10-7/h6-8H,1-5,11H2. The third-order valence-corrected chi connectivity index (χ3v) is 3.57. The van der Waals surface area contributed by atoms with Crippen LogP contribution in [-0.4, -0.2) is 22.0 Å². The van der Waals surface area contributed by atoms with Crippen LogP contribution in [0.1, 0.15) is 25.7 Å². The maximum atomic E-state index is 10.4. The summed E-state index contributed by atoms with van der Waals surface area (Å²) >= 11 is 0. The topological polar surface area (TPSA) is 32.4 Å². The van der Waals surface area contributed by atoms with E-state index in [1.807, 2.05) is 0 Å². The summed E-state index contributed by atoms with van der Waals surface area (Å²) in [6, 6.07) is 1.00. The predicted octanol–water partition coefficient (Wildman–Crippen LogP) is 0.877. The Morgan fingerprint density at radius 3 is 3.00 bits per heavy atom. The van der Waals surface area contributed by atoms with Crippen LogP contribution in [0, 0.1) is 5.92 Å². The Morgan fingerprint density at radius 2 is 2.27 bits per heavy atom. The van der Waals surface area contributed by atoms with Gasteiger partial charge in [-0.1, -0.05) is 6.42 Å². The van der Waals surface area contributed by atoms with Crippen molar-refractivity contribution in [2.75, 3.05) is 0 Å². The van der Waals surface area contributed by atoms with Crippen LogP contribution >= 0.6 is 0 Å². The summed E-state index contributed by atoms with van der Waals surface area (Å²) in [6.45, 7) is 0. The summed E-state index contributed by atoms with van der Waals surface area (Å²) in [5.41, 5.74) is 0. The largest absolute Gasteiger partial charge is 0.370 e. The van der Waals surface area contributed by atoms with Gasteiger partial charge in [-0.15, -0.1) is 0 Å². The number of fused-ring (bicyclic) bond motifs is 1. The van der Waals surface area contributed by atoms with Gasteiger partial charge >= 0.3 is 0 Å². The lowest BCUT2D eigenvalue weighted by molar-refractivity contribution is 0.354. The van der Waals surface area contributed by atoms with Gasteiger partial charge in [0.2, 0.25) is 9.76 Å². The van der Waals surface area contributed by atoms with Gasteiger partial charge in [-0.25, -0.2) is 0 Å². The molecule has 3 atom stereocenters. The zero-order valence-electron chi connectivity index (χ0n) is 6.79. The highest BCUT2D eigenvalue weighted by molar-refractivity contribution is 6.24. The minimum Gasteiger partial charge on any atom is -0.370 e. The average molecular weight is 171 g/mol. The molecule has 1 aliphatic carbocycles. The molecule has 1 aliphatic heterocycles. The van der Waals surface area contributed by atoms with E-state index in [0.29, 0.717) is 12.2 Å². The van der Waals surface area contributed by atoms with Gasteiger partial charge in [-0.3, -0.25) is 0 Å². The van der Waals surface area contributed by atoms with Crippen LogP contribution in [0.3, 0.4) is 0 Å². The van der Waals surface area contributed by atoms with Crippen molar-refractivity contribution < 1.29 is 9.53 Å². The normalized spacial score (nSPS) is 42.8. The van der Waals surface area contributed by atoms with E-state index in [9.17, 15) is 4.80 Å². The van der Waals surface area contributed by atoms with Crippen LogP contribution < -0.4 is 0 Å². The van der Waals surface area contributed by atoms with Gasteiger partial charge in [0.1, 0.15) is 0 Å². The summed E-state index contributed by atoms with van der Waals surface area (Å²) in [5, 5.41) is 0. The fourth-order valence-corrected chi connectivity index (χ4v) is 2.86. The second-order valence-electron chi connectivity index (χ2n) is 3.74. The van der Waals surface area contributed by atoms with Crippen LogP contribution in [0.15, 0.2) is 0 Å². The number of hydrogen-bond acceptors (Lipinski definition) is 1. The molecular formula is C8H15O2Si. The molecule has 2 rings (SSSR count). The Labute approximate surface area is 69.9 Å². The molecule has 2 fully saturated rings. The fraction of sp³-hybridized carbons (Fsp3) is 1.00. The fourth-order valence-electron chi connectivity index (χ4n) is 2.12. The number of hydrogen-bond donors (Lipinski definition) is 0. The van der Waals surface area contributed by atoms with Crippen molar-refractivity contribution in [1.29, 1.82) is 0 Å². The maximum absolute atomic E-state index is 10.4. The molecule has 1 heterocycles. The number of ether oxygens (including phenoxy) is 1. The van der Waals surface area contributed by atoms with E-state index in [2.05, 4.69) is 0 Å². The Bertz CT molecular complexity index is 140. The summed E-state index contributed by atoms with van der Waals surface area (Å²) in [6.07, 6.45) is 6.24. The molecular weight excluding hydrogens is 156 g/mol. The molecule has 0 N–H and O–H groups in total. The number of epoxide rings is 1. The van der Waals surface area contributed by atoms with Crippen molar-refractivity contribution in [2.45, 2.75) is 43.9 Å². The highest BCUT2D eigenvalue weighted by atomic mass is 28.2. The van der Waals surface area contributed by atoms with Gasteiger partial charge in [0.05, 0.1) is 12.2 Å². The molecule has 0 aromatic carbocycles. The van der Waals surface area contributed by atoms with E-state index in [4.69, 9.17) is 4.74 Å². The van der Waals surface area contributed by atoms with Crippen molar-refractivity contribution >= 4 is 9.76 Å². The van der Waals surface area contributed by atoms with Gasteiger partial charge in [-0.2, -0.15) is 0 Å². The molecule has 0 spiro atoms. The minimum absolute atomic E-state index is 0.599. The van der Waals surface area contributed by atoms with Crippen LogP contribution in [-0.2, 0) is 9.53 Å².